The number of ether oxygens (including phenoxy) is 2. The van der Waals surface area contributed by atoms with E-state index in [-0.39, 0.29) is 0 Å². The first-order valence-corrected chi connectivity index (χ1v) is 12.3. The van der Waals surface area contributed by atoms with Gasteiger partial charge in [-0.3, -0.25) is 4.98 Å². The second-order valence-corrected chi connectivity index (χ2v) is 8.92. The lowest BCUT2D eigenvalue weighted by atomic mass is 10.0. The molecule has 0 unspecified atom stereocenters. The Hall–Kier alpha value is -4.77. The fraction of sp³-hybridized carbons (Fsp3) is 0.0938. The van der Waals surface area contributed by atoms with Crippen molar-refractivity contribution in [2.45, 2.75) is 6.54 Å². The van der Waals surface area contributed by atoms with E-state index in [0.717, 1.165) is 39.0 Å². The summed E-state index contributed by atoms with van der Waals surface area (Å²) in [6, 6.07) is 35.3. The molecule has 1 aromatic heterocycles. The molecule has 0 atom stereocenters. The number of aromatic nitrogens is 1. The van der Waals surface area contributed by atoms with Gasteiger partial charge in [-0.2, -0.15) is 0 Å². The predicted octanol–water partition coefficient (Wildman–Crippen LogP) is 7.91. The maximum Gasteiger partial charge on any atom is 0.162 e. The van der Waals surface area contributed by atoms with Gasteiger partial charge in [0, 0.05) is 39.3 Å². The number of pyridine rings is 1. The van der Waals surface area contributed by atoms with Gasteiger partial charge < -0.3 is 20.1 Å². The maximum absolute atomic E-state index is 5.52. The van der Waals surface area contributed by atoms with E-state index in [1.165, 1.54) is 16.2 Å². The van der Waals surface area contributed by atoms with Crippen molar-refractivity contribution in [3.63, 3.8) is 0 Å². The minimum atomic E-state index is 0.591. The number of hydrogen-bond donors (Lipinski definition) is 2. The molecule has 0 bridgehead atoms. The van der Waals surface area contributed by atoms with Crippen molar-refractivity contribution >= 4 is 49.5 Å². The van der Waals surface area contributed by atoms with Crippen molar-refractivity contribution in [1.82, 2.24) is 4.98 Å². The highest BCUT2D eigenvalue weighted by atomic mass is 16.5. The summed E-state index contributed by atoms with van der Waals surface area (Å²) in [5.74, 6) is 1.37. The van der Waals surface area contributed by atoms with E-state index in [4.69, 9.17) is 14.5 Å². The number of nitrogens with zero attached hydrogens (tertiary/aromatic N) is 1. The largest absolute Gasteiger partial charge is 0.493 e. The zero-order valence-corrected chi connectivity index (χ0v) is 20.8. The Kier molecular flexibility index (Phi) is 5.95. The van der Waals surface area contributed by atoms with Crippen molar-refractivity contribution in [3.05, 3.63) is 109 Å². The van der Waals surface area contributed by atoms with Crippen LogP contribution in [-0.2, 0) is 6.54 Å². The number of nitrogens with one attached hydrogen (secondary N) is 2. The minimum absolute atomic E-state index is 0.591. The lowest BCUT2D eigenvalue weighted by molar-refractivity contribution is 0.355. The molecule has 0 amide bonds. The second-order valence-electron chi connectivity index (χ2n) is 8.92. The van der Waals surface area contributed by atoms with E-state index in [0.29, 0.717) is 18.0 Å². The van der Waals surface area contributed by atoms with Crippen LogP contribution < -0.4 is 20.1 Å². The van der Waals surface area contributed by atoms with Gasteiger partial charge in [-0.1, -0.05) is 72.8 Å². The molecule has 2 N–H and O–H groups in total. The number of rotatable bonds is 7. The highest BCUT2D eigenvalue weighted by molar-refractivity contribution is 6.09. The van der Waals surface area contributed by atoms with Gasteiger partial charge in [-0.15, -0.1) is 0 Å². The van der Waals surface area contributed by atoms with Crippen LogP contribution in [0.25, 0.3) is 32.4 Å². The topological polar surface area (TPSA) is 55.4 Å². The number of benzene rings is 5. The Morgan fingerprint density at radius 2 is 1.35 bits per heavy atom. The summed E-state index contributed by atoms with van der Waals surface area (Å²) in [6.07, 6.45) is 0. The summed E-state index contributed by atoms with van der Waals surface area (Å²) < 4.78 is 10.9. The summed E-state index contributed by atoms with van der Waals surface area (Å²) in [6.45, 7) is 0.591. The number of methoxy groups -OCH3 is 2. The molecule has 6 rings (SSSR count). The average Bonchev–Trinajstić information content (AvgIpc) is 2.95. The molecule has 5 heteroatoms. The van der Waals surface area contributed by atoms with Crippen LogP contribution in [0, 0.1) is 0 Å². The van der Waals surface area contributed by atoms with Crippen molar-refractivity contribution in [3.8, 4) is 11.5 Å². The molecule has 37 heavy (non-hydrogen) atoms. The zero-order valence-electron chi connectivity index (χ0n) is 20.8. The third-order valence-electron chi connectivity index (χ3n) is 6.67. The minimum Gasteiger partial charge on any atom is -0.493 e. The van der Waals surface area contributed by atoms with Gasteiger partial charge in [-0.25, -0.2) is 0 Å². The highest BCUT2D eigenvalue weighted by Gasteiger charge is 2.12. The molecular formula is C32H27N3O2. The van der Waals surface area contributed by atoms with Gasteiger partial charge in [-0.05, 0) is 35.0 Å². The van der Waals surface area contributed by atoms with Crippen LogP contribution in [0.15, 0.2) is 103 Å². The first-order chi connectivity index (χ1) is 18.2. The summed E-state index contributed by atoms with van der Waals surface area (Å²) in [7, 11) is 3.29. The summed E-state index contributed by atoms with van der Waals surface area (Å²) in [5, 5.41) is 13.0. The summed E-state index contributed by atoms with van der Waals surface area (Å²) >= 11 is 0. The Balaban J connectivity index is 1.43. The van der Waals surface area contributed by atoms with Crippen LogP contribution in [0.5, 0.6) is 11.5 Å². The number of hydrogen-bond acceptors (Lipinski definition) is 5. The molecule has 0 saturated heterocycles. The van der Waals surface area contributed by atoms with Crippen LogP contribution in [-0.4, -0.2) is 19.2 Å². The van der Waals surface area contributed by atoms with Crippen LogP contribution in [0.2, 0.25) is 0 Å². The summed E-state index contributed by atoms with van der Waals surface area (Å²) in [4.78, 5) is 5.11. The Morgan fingerprint density at radius 1 is 0.622 bits per heavy atom. The van der Waals surface area contributed by atoms with Crippen LogP contribution in [0.4, 0.5) is 17.1 Å². The Morgan fingerprint density at radius 3 is 2.16 bits per heavy atom. The van der Waals surface area contributed by atoms with E-state index >= 15 is 0 Å². The first kappa shape index (κ1) is 22.7. The zero-order chi connectivity index (χ0) is 25.2. The lowest BCUT2D eigenvalue weighted by Gasteiger charge is -2.16. The van der Waals surface area contributed by atoms with Crippen LogP contribution in [0.1, 0.15) is 5.69 Å². The average molecular weight is 486 g/mol. The quantitative estimate of drug-likeness (QED) is 0.225. The van der Waals surface area contributed by atoms with Gasteiger partial charge in [0.1, 0.15) is 0 Å². The fourth-order valence-electron chi connectivity index (χ4n) is 4.84. The molecule has 5 nitrogen and oxygen atoms in total. The van der Waals surface area contributed by atoms with Crippen molar-refractivity contribution in [1.29, 1.82) is 0 Å². The number of anilines is 3. The van der Waals surface area contributed by atoms with Gasteiger partial charge >= 0.3 is 0 Å². The number of fused-ring (bicyclic) bond motifs is 4. The third-order valence-corrected chi connectivity index (χ3v) is 6.67. The molecule has 0 aliphatic carbocycles. The molecule has 0 radical (unpaired) electrons. The van der Waals surface area contributed by atoms with Crippen LogP contribution >= 0.6 is 0 Å². The standard InChI is InChI=1S/C32H27N3O2/c1-36-30-17-15-23(19-31(30)37-2)34-29-18-24(20-33-28-13-7-10-21-8-3-5-11-25(21)28)35-32-26-12-6-4-9-22(26)14-16-27(29)32/h3-19,33H,20H2,1-2H3,(H,34,35). The normalized spacial score (nSPS) is 11.1. The first-order valence-electron chi connectivity index (χ1n) is 12.3. The van der Waals surface area contributed by atoms with Gasteiger partial charge in [0.05, 0.1) is 32.0 Å². The van der Waals surface area contributed by atoms with E-state index < -0.39 is 0 Å². The summed E-state index contributed by atoms with van der Waals surface area (Å²) in [5.41, 5.74) is 4.90. The van der Waals surface area contributed by atoms with E-state index in [9.17, 15) is 0 Å². The third kappa shape index (κ3) is 4.36. The lowest BCUT2D eigenvalue weighted by Crippen LogP contribution is -2.04. The van der Waals surface area contributed by atoms with Crippen LogP contribution in [0.3, 0.4) is 0 Å². The molecule has 0 aliphatic rings. The molecule has 0 fully saturated rings. The molecule has 5 aromatic carbocycles. The highest BCUT2D eigenvalue weighted by Crippen LogP contribution is 2.35. The van der Waals surface area contributed by atoms with E-state index in [2.05, 4.69) is 95.6 Å². The van der Waals surface area contributed by atoms with Crippen molar-refractivity contribution in [2.75, 3.05) is 24.9 Å². The maximum atomic E-state index is 5.52. The van der Waals surface area contributed by atoms with E-state index in [1.54, 1.807) is 14.2 Å². The van der Waals surface area contributed by atoms with Gasteiger partial charge in [0.25, 0.3) is 0 Å². The Bertz CT molecular complexity index is 1740. The van der Waals surface area contributed by atoms with Crippen molar-refractivity contribution < 1.29 is 9.47 Å². The van der Waals surface area contributed by atoms with Gasteiger partial charge in [0.2, 0.25) is 0 Å². The molecular weight excluding hydrogens is 458 g/mol. The molecule has 0 aliphatic heterocycles. The second kappa shape index (κ2) is 9.70. The molecule has 182 valence electrons. The van der Waals surface area contributed by atoms with Crippen molar-refractivity contribution in [2.24, 2.45) is 0 Å². The molecule has 1 heterocycles. The Labute approximate surface area is 215 Å². The molecule has 0 spiro atoms. The van der Waals surface area contributed by atoms with Gasteiger partial charge in [0.15, 0.2) is 11.5 Å². The molecule has 0 saturated carbocycles. The SMILES string of the molecule is COc1ccc(Nc2cc(CNc3cccc4ccccc34)nc3c2ccc2ccccc23)cc1OC. The van der Waals surface area contributed by atoms with E-state index in [1.807, 2.05) is 18.2 Å². The fourth-order valence-corrected chi connectivity index (χ4v) is 4.84. The predicted molar refractivity (Wildman–Crippen MR) is 153 cm³/mol. The smallest absolute Gasteiger partial charge is 0.162 e. The monoisotopic (exact) mass is 485 g/mol. The molecule has 6 aromatic rings.